The van der Waals surface area contributed by atoms with Gasteiger partial charge in [0.05, 0.1) is 60.9 Å². The summed E-state index contributed by atoms with van der Waals surface area (Å²) in [5.74, 6) is -4.70. The van der Waals surface area contributed by atoms with E-state index in [0.717, 1.165) is 0 Å². The molecule has 0 radical (unpaired) electrons. The first-order chi connectivity index (χ1) is 26.1. The Morgan fingerprint density at radius 2 is 1.75 bits per heavy atom. The van der Waals surface area contributed by atoms with Crippen LogP contribution in [0.1, 0.15) is 85.6 Å². The highest BCUT2D eigenvalue weighted by Gasteiger charge is 2.50. The standard InChI is InChI=1S/C37H38N2O16/c1-17-31(41)22(38)13-26(54-17)55-24-15-37(47,25(40)16-52-36(46)18-7-9-19(10-8-18)51-11-4-12-53-39(48)49)14-21-28(24)35(45)30-29(33(21)43)32(42)20-5-3-6-23(50-2)27(20)34(30)44/h3,5-10,17,22,24,26,31,41,43,45,47H,4,11-16,38H2,1-2H3/t17-,22-,24-,26-,31+,37-/m0/s1. The van der Waals surface area contributed by atoms with Crippen molar-refractivity contribution >= 4 is 23.3 Å². The van der Waals surface area contributed by atoms with Gasteiger partial charge in [-0.2, -0.15) is 0 Å². The predicted molar refractivity (Wildman–Crippen MR) is 184 cm³/mol. The molecule has 6 N–H and O–H groups in total. The number of carbonyl (C=O) groups is 4. The predicted octanol–water partition coefficient (Wildman–Crippen LogP) is 1.84. The van der Waals surface area contributed by atoms with E-state index in [-0.39, 0.29) is 59.6 Å². The van der Waals surface area contributed by atoms with Crippen LogP contribution in [0.4, 0.5) is 0 Å². The Hall–Kier alpha value is -5.66. The van der Waals surface area contributed by atoms with Crippen molar-refractivity contribution in [2.75, 3.05) is 26.9 Å². The zero-order valence-corrected chi connectivity index (χ0v) is 29.6. The highest BCUT2D eigenvalue weighted by Crippen LogP contribution is 2.52. The third-order valence-electron chi connectivity index (χ3n) is 9.84. The molecule has 0 amide bonds. The van der Waals surface area contributed by atoms with Gasteiger partial charge in [0.2, 0.25) is 11.6 Å². The molecule has 1 fully saturated rings. The van der Waals surface area contributed by atoms with Crippen LogP contribution in [0.15, 0.2) is 42.5 Å². The van der Waals surface area contributed by atoms with Crippen LogP contribution in [0.25, 0.3) is 0 Å². The van der Waals surface area contributed by atoms with Gasteiger partial charge in [0.1, 0.15) is 28.6 Å². The normalized spacial score (nSPS) is 24.2. The Labute approximate surface area is 312 Å². The number of phenolic OH excluding ortho intramolecular Hbond substituents is 2. The van der Waals surface area contributed by atoms with Gasteiger partial charge in [0, 0.05) is 48.4 Å². The summed E-state index contributed by atoms with van der Waals surface area (Å²) >= 11 is 0. The quantitative estimate of drug-likeness (QED) is 0.0427. The largest absolute Gasteiger partial charge is 0.507 e. The summed E-state index contributed by atoms with van der Waals surface area (Å²) in [6.45, 7) is 0.549. The van der Waals surface area contributed by atoms with Crippen molar-refractivity contribution in [3.63, 3.8) is 0 Å². The second-order valence-electron chi connectivity index (χ2n) is 13.4. The molecule has 0 unspecified atom stereocenters. The minimum atomic E-state index is -2.42. The van der Waals surface area contributed by atoms with Gasteiger partial charge in [0.15, 0.2) is 18.7 Å². The van der Waals surface area contributed by atoms with E-state index in [1.54, 1.807) is 6.92 Å². The number of hydrogen-bond donors (Lipinski definition) is 5. The Morgan fingerprint density at radius 1 is 1.04 bits per heavy atom. The summed E-state index contributed by atoms with van der Waals surface area (Å²) in [6, 6.07) is 9.08. The number of hydrogen-bond acceptors (Lipinski definition) is 17. The van der Waals surface area contributed by atoms with Gasteiger partial charge in [-0.1, -0.05) is 12.1 Å². The molecule has 1 heterocycles. The van der Waals surface area contributed by atoms with Gasteiger partial charge in [-0.15, -0.1) is 10.1 Å². The minimum absolute atomic E-state index is 0.0235. The third kappa shape index (κ3) is 7.54. The molecule has 0 spiro atoms. The summed E-state index contributed by atoms with van der Waals surface area (Å²) < 4.78 is 28.0. The lowest BCUT2D eigenvalue weighted by Crippen LogP contribution is -2.53. The zero-order chi connectivity index (χ0) is 39.8. The van der Waals surface area contributed by atoms with Crippen LogP contribution in [-0.4, -0.2) is 106 Å². The highest BCUT2D eigenvalue weighted by molar-refractivity contribution is 6.31. The van der Waals surface area contributed by atoms with Gasteiger partial charge < -0.3 is 54.7 Å². The minimum Gasteiger partial charge on any atom is -0.507 e. The van der Waals surface area contributed by atoms with Crippen molar-refractivity contribution in [2.24, 2.45) is 5.73 Å². The Balaban J connectivity index is 1.27. The maximum absolute atomic E-state index is 13.9. The van der Waals surface area contributed by atoms with Gasteiger partial charge in [0.25, 0.3) is 5.09 Å². The molecule has 0 saturated carbocycles. The van der Waals surface area contributed by atoms with Crippen LogP contribution in [-0.2, 0) is 30.3 Å². The molecule has 3 aliphatic rings. The smallest absolute Gasteiger partial charge is 0.338 e. The van der Waals surface area contributed by atoms with Crippen LogP contribution in [0.5, 0.6) is 23.0 Å². The zero-order valence-electron chi connectivity index (χ0n) is 29.6. The summed E-state index contributed by atoms with van der Waals surface area (Å²) in [4.78, 5) is 68.8. The number of esters is 1. The van der Waals surface area contributed by atoms with Gasteiger partial charge in [-0.05, 0) is 37.3 Å². The number of nitrogens with zero attached hydrogens (tertiary/aromatic N) is 1. The van der Waals surface area contributed by atoms with Crippen LogP contribution in [0.2, 0.25) is 0 Å². The summed E-state index contributed by atoms with van der Waals surface area (Å²) in [5, 5.41) is 55.0. The summed E-state index contributed by atoms with van der Waals surface area (Å²) in [7, 11) is 1.30. The van der Waals surface area contributed by atoms with E-state index in [1.807, 2.05) is 0 Å². The van der Waals surface area contributed by atoms with Crippen molar-refractivity contribution in [1.82, 2.24) is 0 Å². The number of carbonyl (C=O) groups excluding carboxylic acids is 4. The van der Waals surface area contributed by atoms with E-state index in [1.165, 1.54) is 49.6 Å². The SMILES string of the molecule is COc1cccc2c1C(=O)c1c(O)c3c(c(O)c1C2=O)C[C@@](O)(C(=O)COC(=O)c1ccc(OCCCO[N+](=O)[O-])cc1)C[C@@H]3O[C@H]1C[C@H](N)[C@H](O)[C@H](C)O1. The molecular formula is C37H38N2O16. The summed E-state index contributed by atoms with van der Waals surface area (Å²) in [6.07, 6.45) is -5.56. The van der Waals surface area contributed by atoms with Crippen molar-refractivity contribution in [2.45, 2.75) is 68.9 Å². The topological polar surface area (TPSA) is 274 Å². The van der Waals surface area contributed by atoms with Crippen LogP contribution >= 0.6 is 0 Å². The fourth-order valence-corrected chi connectivity index (χ4v) is 7.03. The monoisotopic (exact) mass is 766 g/mol. The maximum Gasteiger partial charge on any atom is 0.338 e. The Bertz CT molecular complexity index is 2020. The second-order valence-corrected chi connectivity index (χ2v) is 13.4. The molecule has 3 aromatic rings. The van der Waals surface area contributed by atoms with Crippen molar-refractivity contribution in [3.8, 4) is 23.0 Å². The lowest BCUT2D eigenvalue weighted by atomic mass is 9.72. The third-order valence-corrected chi connectivity index (χ3v) is 9.84. The molecule has 18 heteroatoms. The Kier molecular flexibility index (Phi) is 11.1. The molecule has 2 aliphatic carbocycles. The molecular weight excluding hydrogens is 728 g/mol. The number of ether oxygens (including phenoxy) is 5. The molecule has 55 heavy (non-hydrogen) atoms. The fraction of sp³-hybridized carbons (Fsp3) is 0.405. The molecule has 1 aliphatic heterocycles. The number of phenols is 2. The second kappa shape index (κ2) is 15.6. The van der Waals surface area contributed by atoms with E-state index in [9.17, 15) is 49.7 Å². The van der Waals surface area contributed by atoms with Gasteiger partial charge in [-0.3, -0.25) is 14.4 Å². The first-order valence-electron chi connectivity index (χ1n) is 17.2. The van der Waals surface area contributed by atoms with Crippen LogP contribution < -0.4 is 15.2 Å². The van der Waals surface area contributed by atoms with Crippen molar-refractivity contribution < 1.29 is 73.2 Å². The number of aromatic hydroxyl groups is 2. The number of Topliss-reactive ketones (excluding diaryl/α,β-unsaturated/α-hetero) is 1. The average Bonchev–Trinajstić information content (AvgIpc) is 3.15. The highest BCUT2D eigenvalue weighted by atomic mass is 16.9. The van der Waals surface area contributed by atoms with E-state index < -0.39 is 107 Å². The number of ketones is 3. The molecule has 6 atom stereocenters. The number of aliphatic hydroxyl groups excluding tert-OH is 1. The number of methoxy groups -OCH3 is 1. The maximum atomic E-state index is 13.9. The molecule has 6 rings (SSSR count). The molecule has 3 aromatic carbocycles. The number of fused-ring (bicyclic) bond motifs is 3. The first-order valence-corrected chi connectivity index (χ1v) is 17.2. The molecule has 18 nitrogen and oxygen atoms in total. The summed E-state index contributed by atoms with van der Waals surface area (Å²) in [5.41, 5.74) is 1.94. The number of benzene rings is 3. The number of rotatable bonds is 13. The lowest BCUT2D eigenvalue weighted by molar-refractivity contribution is -0.757. The van der Waals surface area contributed by atoms with Gasteiger partial charge in [-0.25, -0.2) is 4.79 Å². The van der Waals surface area contributed by atoms with Gasteiger partial charge >= 0.3 is 5.97 Å². The number of nitrogens with two attached hydrogens (primary N) is 1. The molecule has 1 saturated heterocycles. The fourth-order valence-electron chi connectivity index (χ4n) is 7.03. The lowest BCUT2D eigenvalue weighted by Gasteiger charge is -2.42. The van der Waals surface area contributed by atoms with E-state index in [4.69, 9.17) is 29.4 Å². The van der Waals surface area contributed by atoms with Crippen LogP contribution in [0, 0.1) is 10.1 Å². The molecule has 0 bridgehead atoms. The van der Waals surface area contributed by atoms with E-state index in [2.05, 4.69) is 4.84 Å². The van der Waals surface area contributed by atoms with E-state index in [0.29, 0.717) is 5.75 Å². The van der Waals surface area contributed by atoms with Crippen molar-refractivity contribution in [1.29, 1.82) is 0 Å². The molecule has 292 valence electrons. The average molecular weight is 767 g/mol. The van der Waals surface area contributed by atoms with Crippen LogP contribution in [0.3, 0.4) is 0 Å². The van der Waals surface area contributed by atoms with E-state index >= 15 is 0 Å². The Morgan fingerprint density at radius 3 is 2.42 bits per heavy atom. The first kappa shape index (κ1) is 39.0. The molecule has 0 aromatic heterocycles. The van der Waals surface area contributed by atoms with Crippen molar-refractivity contribution in [3.05, 3.63) is 91.5 Å². The number of aliphatic hydroxyl groups is 2.